The highest BCUT2D eigenvalue weighted by Gasteiger charge is 2.17. The van der Waals surface area contributed by atoms with Crippen molar-refractivity contribution in [3.8, 4) is 11.5 Å². The first-order chi connectivity index (χ1) is 12.0. The number of hydrogen-bond acceptors (Lipinski definition) is 5. The molecule has 1 aliphatic heterocycles. The zero-order chi connectivity index (χ0) is 17.8. The first-order valence-electron chi connectivity index (χ1n) is 7.66. The number of benzene rings is 2. The van der Waals surface area contributed by atoms with E-state index < -0.39 is 18.5 Å². The molecule has 0 bridgehead atoms. The van der Waals surface area contributed by atoms with Crippen LogP contribution in [0.15, 0.2) is 36.4 Å². The number of hydrogen-bond donors (Lipinski definition) is 1. The van der Waals surface area contributed by atoms with Crippen LogP contribution >= 0.6 is 11.6 Å². The van der Waals surface area contributed by atoms with Crippen LogP contribution in [0.3, 0.4) is 0 Å². The van der Waals surface area contributed by atoms with Crippen LogP contribution in [0, 0.1) is 6.92 Å². The fourth-order valence-corrected chi connectivity index (χ4v) is 2.49. The summed E-state index contributed by atoms with van der Waals surface area (Å²) in [6.07, 6.45) is 0. The maximum atomic E-state index is 12.1. The van der Waals surface area contributed by atoms with Gasteiger partial charge >= 0.3 is 5.97 Å². The molecule has 7 heteroatoms. The zero-order valence-electron chi connectivity index (χ0n) is 13.5. The lowest BCUT2D eigenvalue weighted by Gasteiger charge is -2.18. The monoisotopic (exact) mass is 361 g/mol. The summed E-state index contributed by atoms with van der Waals surface area (Å²) in [6, 6.07) is 9.92. The molecule has 25 heavy (non-hydrogen) atoms. The fraction of sp³-hybridized carbons (Fsp3) is 0.222. The smallest absolute Gasteiger partial charge is 0.338 e. The van der Waals surface area contributed by atoms with Crippen molar-refractivity contribution in [2.24, 2.45) is 0 Å². The number of esters is 1. The van der Waals surface area contributed by atoms with Crippen molar-refractivity contribution in [2.45, 2.75) is 6.92 Å². The molecule has 1 N–H and O–H groups in total. The summed E-state index contributed by atoms with van der Waals surface area (Å²) < 4.78 is 15.9. The highest BCUT2D eigenvalue weighted by atomic mass is 35.5. The topological polar surface area (TPSA) is 73.9 Å². The lowest BCUT2D eigenvalue weighted by Crippen LogP contribution is -2.21. The van der Waals surface area contributed by atoms with Crippen molar-refractivity contribution in [3.63, 3.8) is 0 Å². The number of rotatable bonds is 4. The maximum absolute atomic E-state index is 12.1. The van der Waals surface area contributed by atoms with Crippen LogP contribution in [0.25, 0.3) is 0 Å². The van der Waals surface area contributed by atoms with Gasteiger partial charge in [-0.3, -0.25) is 4.79 Å². The van der Waals surface area contributed by atoms with Crippen molar-refractivity contribution in [1.29, 1.82) is 0 Å². The zero-order valence-corrected chi connectivity index (χ0v) is 14.3. The van der Waals surface area contributed by atoms with E-state index in [1.807, 2.05) is 0 Å². The lowest BCUT2D eigenvalue weighted by molar-refractivity contribution is -0.119. The van der Waals surface area contributed by atoms with E-state index in [-0.39, 0.29) is 5.56 Å². The van der Waals surface area contributed by atoms with E-state index in [4.69, 9.17) is 25.8 Å². The molecule has 1 aliphatic rings. The first-order valence-corrected chi connectivity index (χ1v) is 8.04. The van der Waals surface area contributed by atoms with Crippen molar-refractivity contribution < 1.29 is 23.8 Å². The van der Waals surface area contributed by atoms with E-state index in [1.54, 1.807) is 37.3 Å². The molecule has 0 spiro atoms. The summed E-state index contributed by atoms with van der Waals surface area (Å²) >= 11 is 6.00. The van der Waals surface area contributed by atoms with Crippen LogP contribution in [0.4, 0.5) is 5.69 Å². The van der Waals surface area contributed by atoms with Crippen LogP contribution in [-0.2, 0) is 9.53 Å². The molecular weight excluding hydrogens is 346 g/mol. The Hall–Kier alpha value is -2.73. The maximum Gasteiger partial charge on any atom is 0.338 e. The number of anilines is 1. The van der Waals surface area contributed by atoms with Crippen molar-refractivity contribution in [1.82, 2.24) is 0 Å². The second-order valence-electron chi connectivity index (χ2n) is 5.40. The van der Waals surface area contributed by atoms with Gasteiger partial charge in [0.1, 0.15) is 13.2 Å². The van der Waals surface area contributed by atoms with Gasteiger partial charge in [-0.15, -0.1) is 0 Å². The predicted molar refractivity (Wildman–Crippen MR) is 92.5 cm³/mol. The van der Waals surface area contributed by atoms with E-state index in [9.17, 15) is 9.59 Å². The quantitative estimate of drug-likeness (QED) is 0.846. The number of fused-ring (bicyclic) bond motifs is 1. The molecule has 0 saturated carbocycles. The van der Waals surface area contributed by atoms with Crippen molar-refractivity contribution >= 4 is 29.2 Å². The molecule has 0 saturated heterocycles. The lowest BCUT2D eigenvalue weighted by atomic mass is 10.2. The normalized spacial score (nSPS) is 12.4. The van der Waals surface area contributed by atoms with Gasteiger partial charge in [0.25, 0.3) is 5.91 Å². The molecule has 3 rings (SSSR count). The third kappa shape index (κ3) is 4.03. The number of carbonyl (C=O) groups is 2. The second kappa shape index (κ2) is 7.44. The van der Waals surface area contributed by atoms with E-state index in [0.29, 0.717) is 35.4 Å². The van der Waals surface area contributed by atoms with Crippen LogP contribution in [0.5, 0.6) is 11.5 Å². The standard InChI is InChI=1S/C18H16ClNO5/c1-11-13(19)3-2-4-14(11)20-17(21)10-25-18(22)12-5-6-15-16(9-12)24-8-7-23-15/h2-6,9H,7-8,10H2,1H3,(H,20,21). The van der Waals surface area contributed by atoms with Crippen molar-refractivity contribution in [3.05, 3.63) is 52.5 Å². The molecule has 0 aliphatic carbocycles. The van der Waals surface area contributed by atoms with Gasteiger partial charge in [-0.25, -0.2) is 4.79 Å². The second-order valence-corrected chi connectivity index (χ2v) is 5.80. The van der Waals surface area contributed by atoms with Crippen LogP contribution < -0.4 is 14.8 Å². The minimum atomic E-state index is -0.616. The van der Waals surface area contributed by atoms with E-state index in [0.717, 1.165) is 5.56 Å². The molecular formula is C18H16ClNO5. The summed E-state index contributed by atoms with van der Waals surface area (Å²) in [4.78, 5) is 24.1. The molecule has 2 aromatic carbocycles. The predicted octanol–water partition coefficient (Wildman–Crippen LogP) is 3.22. The van der Waals surface area contributed by atoms with Gasteiger partial charge in [0.15, 0.2) is 18.1 Å². The Balaban J connectivity index is 1.58. The minimum absolute atomic E-state index is 0.288. The van der Waals surface area contributed by atoms with Gasteiger partial charge < -0.3 is 19.5 Å². The average Bonchev–Trinajstić information content (AvgIpc) is 2.63. The summed E-state index contributed by atoms with van der Waals surface area (Å²) in [5.74, 6) is 0.00266. The largest absolute Gasteiger partial charge is 0.486 e. The third-order valence-corrected chi connectivity index (χ3v) is 4.06. The third-order valence-electron chi connectivity index (χ3n) is 3.65. The number of amides is 1. The number of nitrogens with one attached hydrogen (secondary N) is 1. The number of ether oxygens (including phenoxy) is 3. The van der Waals surface area contributed by atoms with Gasteiger partial charge in [-0.05, 0) is 42.8 Å². The van der Waals surface area contributed by atoms with E-state index in [1.165, 1.54) is 6.07 Å². The van der Waals surface area contributed by atoms with Crippen LogP contribution in [0.1, 0.15) is 15.9 Å². The van der Waals surface area contributed by atoms with Gasteiger partial charge in [-0.2, -0.15) is 0 Å². The average molecular weight is 362 g/mol. The fourth-order valence-electron chi connectivity index (χ4n) is 2.31. The molecule has 0 unspecified atom stereocenters. The minimum Gasteiger partial charge on any atom is -0.486 e. The van der Waals surface area contributed by atoms with Gasteiger partial charge in [0.05, 0.1) is 5.56 Å². The van der Waals surface area contributed by atoms with Gasteiger partial charge in [0, 0.05) is 10.7 Å². The summed E-state index contributed by atoms with van der Waals surface area (Å²) in [5, 5.41) is 3.21. The SMILES string of the molecule is Cc1c(Cl)cccc1NC(=O)COC(=O)c1ccc2c(c1)OCCO2. The molecule has 0 aromatic heterocycles. The molecule has 130 valence electrons. The summed E-state index contributed by atoms with van der Waals surface area (Å²) in [7, 11) is 0. The molecule has 0 atom stereocenters. The van der Waals surface area contributed by atoms with Crippen molar-refractivity contribution in [2.75, 3.05) is 25.1 Å². The van der Waals surface area contributed by atoms with Gasteiger partial charge in [0.2, 0.25) is 0 Å². The summed E-state index contributed by atoms with van der Waals surface area (Å²) in [5.41, 5.74) is 1.61. The highest BCUT2D eigenvalue weighted by molar-refractivity contribution is 6.31. The Morgan fingerprint density at radius 1 is 1.16 bits per heavy atom. The number of carbonyl (C=O) groups excluding carboxylic acids is 2. The Kier molecular flexibility index (Phi) is 5.09. The number of halogens is 1. The summed E-state index contributed by atoms with van der Waals surface area (Å²) in [6.45, 7) is 2.28. The Bertz CT molecular complexity index is 821. The Morgan fingerprint density at radius 3 is 2.72 bits per heavy atom. The first kappa shape index (κ1) is 17.1. The molecule has 1 heterocycles. The Morgan fingerprint density at radius 2 is 1.92 bits per heavy atom. The van der Waals surface area contributed by atoms with Gasteiger partial charge in [-0.1, -0.05) is 17.7 Å². The Labute approximate surface area is 149 Å². The molecule has 2 aromatic rings. The molecule has 0 fully saturated rings. The molecule has 6 nitrogen and oxygen atoms in total. The highest BCUT2D eigenvalue weighted by Crippen LogP contribution is 2.31. The molecule has 1 amide bonds. The molecule has 0 radical (unpaired) electrons. The van der Waals surface area contributed by atoms with E-state index in [2.05, 4.69) is 5.32 Å². The van der Waals surface area contributed by atoms with Crippen LogP contribution in [0.2, 0.25) is 5.02 Å². The van der Waals surface area contributed by atoms with E-state index >= 15 is 0 Å². The van der Waals surface area contributed by atoms with Crippen LogP contribution in [-0.4, -0.2) is 31.7 Å².